The monoisotopic (exact) mass is 455 g/mol. The fourth-order valence-corrected chi connectivity index (χ4v) is 3.56. The van der Waals surface area contributed by atoms with E-state index in [0.29, 0.717) is 11.5 Å². The Labute approximate surface area is 189 Å². The summed E-state index contributed by atoms with van der Waals surface area (Å²) in [6.07, 6.45) is 2.03. The molecule has 0 saturated heterocycles. The molecular weight excluding hydrogens is 429 g/mol. The smallest absolute Gasteiger partial charge is 0.254 e. The number of benzene rings is 1. The summed E-state index contributed by atoms with van der Waals surface area (Å²) in [5.74, 6) is -0.328. The third kappa shape index (κ3) is 4.85. The lowest BCUT2D eigenvalue weighted by Gasteiger charge is -2.25. The fourth-order valence-electron chi connectivity index (χ4n) is 3.56. The van der Waals surface area contributed by atoms with Crippen molar-refractivity contribution in [3.63, 3.8) is 0 Å². The maximum Gasteiger partial charge on any atom is 0.254 e. The number of aliphatic hydroxyl groups is 1. The molecule has 1 amide bonds. The summed E-state index contributed by atoms with van der Waals surface area (Å²) in [5.41, 5.74) is -0.0746. The zero-order chi connectivity index (χ0) is 23.8. The molecule has 10 heteroatoms. The summed E-state index contributed by atoms with van der Waals surface area (Å²) in [6.45, 7) is 5.37. The highest BCUT2D eigenvalue weighted by molar-refractivity contribution is 5.77. The number of carbonyl (C=O) groups is 1. The van der Waals surface area contributed by atoms with Crippen LogP contribution in [0.25, 0.3) is 11.4 Å². The van der Waals surface area contributed by atoms with Crippen molar-refractivity contribution >= 4 is 5.91 Å². The van der Waals surface area contributed by atoms with Crippen molar-refractivity contribution in [2.24, 2.45) is 5.92 Å². The molecule has 0 radical (unpaired) electrons. The van der Waals surface area contributed by atoms with Gasteiger partial charge in [-0.25, -0.2) is 9.37 Å². The molecule has 174 valence electrons. The first-order valence-electron chi connectivity index (χ1n) is 10.8. The van der Waals surface area contributed by atoms with Crippen molar-refractivity contribution in [3.8, 4) is 11.4 Å². The van der Waals surface area contributed by atoms with Crippen LogP contribution in [-0.2, 0) is 16.8 Å². The molecule has 3 aromatic rings. The third-order valence-electron chi connectivity index (χ3n) is 5.94. The number of hydrogen-bond acceptors (Lipinski definition) is 7. The second-order valence-electron chi connectivity index (χ2n) is 8.99. The minimum absolute atomic E-state index is 0.0441. The van der Waals surface area contributed by atoms with Gasteiger partial charge in [-0.15, -0.1) is 10.2 Å². The Morgan fingerprint density at radius 2 is 1.94 bits per heavy atom. The van der Waals surface area contributed by atoms with E-state index in [1.807, 2.05) is 20.8 Å². The first kappa shape index (κ1) is 22.8. The summed E-state index contributed by atoms with van der Waals surface area (Å²) in [5, 5.41) is 21.7. The van der Waals surface area contributed by atoms with Gasteiger partial charge in [-0.2, -0.15) is 0 Å². The van der Waals surface area contributed by atoms with Gasteiger partial charge in [0.2, 0.25) is 17.7 Å². The number of carbonyl (C=O) groups excluding carboxylic acids is 1. The minimum Gasteiger partial charge on any atom is -0.422 e. The van der Waals surface area contributed by atoms with Gasteiger partial charge in [0.1, 0.15) is 18.2 Å². The molecule has 0 bridgehead atoms. The highest BCUT2D eigenvalue weighted by Gasteiger charge is 2.45. The van der Waals surface area contributed by atoms with Gasteiger partial charge in [-0.1, -0.05) is 20.8 Å². The van der Waals surface area contributed by atoms with Gasteiger partial charge < -0.3 is 14.8 Å². The molecule has 9 nitrogen and oxygen atoms in total. The number of halogens is 1. The number of hydrogen-bond donors (Lipinski definition) is 2. The van der Waals surface area contributed by atoms with Crippen LogP contribution in [0, 0.1) is 11.7 Å². The Morgan fingerprint density at radius 3 is 2.58 bits per heavy atom. The Balaban J connectivity index is 1.53. The molecule has 1 aliphatic carbocycles. The van der Waals surface area contributed by atoms with Crippen molar-refractivity contribution in [3.05, 3.63) is 64.5 Å². The van der Waals surface area contributed by atoms with E-state index in [2.05, 4.69) is 20.5 Å². The first-order valence-corrected chi connectivity index (χ1v) is 10.8. The van der Waals surface area contributed by atoms with Gasteiger partial charge >= 0.3 is 0 Å². The Bertz CT molecular complexity index is 1200. The summed E-state index contributed by atoms with van der Waals surface area (Å²) in [6, 6.07) is 6.00. The Kier molecular flexibility index (Phi) is 6.11. The van der Waals surface area contributed by atoms with Crippen molar-refractivity contribution in [2.75, 3.05) is 0 Å². The van der Waals surface area contributed by atoms with Crippen molar-refractivity contribution < 1.29 is 18.7 Å². The third-order valence-corrected chi connectivity index (χ3v) is 5.94. The lowest BCUT2D eigenvalue weighted by molar-refractivity contribution is -0.124. The molecule has 0 spiro atoms. The van der Waals surface area contributed by atoms with Gasteiger partial charge in [-0.3, -0.25) is 14.2 Å². The number of rotatable bonds is 8. The number of amides is 1. The van der Waals surface area contributed by atoms with E-state index >= 15 is 0 Å². The average molecular weight is 455 g/mol. The molecule has 2 atom stereocenters. The summed E-state index contributed by atoms with van der Waals surface area (Å²) in [7, 11) is 0. The van der Waals surface area contributed by atoms with Crippen LogP contribution in [0.1, 0.15) is 51.5 Å². The van der Waals surface area contributed by atoms with Gasteiger partial charge in [0, 0.05) is 23.2 Å². The highest BCUT2D eigenvalue weighted by Crippen LogP contribution is 2.47. The number of nitrogens with zero attached hydrogens (tertiary/aromatic N) is 4. The average Bonchev–Trinajstić information content (AvgIpc) is 3.32. The molecule has 2 N–H and O–H groups in total. The van der Waals surface area contributed by atoms with Crippen LogP contribution >= 0.6 is 0 Å². The van der Waals surface area contributed by atoms with Crippen molar-refractivity contribution in [2.45, 2.75) is 57.7 Å². The number of aromatic nitrogens is 4. The molecule has 1 saturated carbocycles. The lowest BCUT2D eigenvalue weighted by atomic mass is 9.98. The molecule has 4 rings (SSSR count). The van der Waals surface area contributed by atoms with Crippen molar-refractivity contribution in [1.29, 1.82) is 0 Å². The van der Waals surface area contributed by atoms with E-state index in [9.17, 15) is 19.1 Å². The molecule has 1 aromatic carbocycles. The van der Waals surface area contributed by atoms with Crippen LogP contribution in [0.5, 0.6) is 0 Å². The van der Waals surface area contributed by atoms with Crippen LogP contribution < -0.4 is 10.9 Å². The zero-order valence-electron chi connectivity index (χ0n) is 18.7. The van der Waals surface area contributed by atoms with E-state index in [-0.39, 0.29) is 29.6 Å². The summed E-state index contributed by atoms with van der Waals surface area (Å²) < 4.78 is 20.2. The Morgan fingerprint density at radius 1 is 1.24 bits per heavy atom. The van der Waals surface area contributed by atoms with E-state index in [4.69, 9.17) is 4.42 Å². The summed E-state index contributed by atoms with van der Waals surface area (Å²) >= 11 is 0. The second kappa shape index (κ2) is 8.86. The predicted octanol–water partition coefficient (Wildman–Crippen LogP) is 2.36. The topological polar surface area (TPSA) is 123 Å². The largest absolute Gasteiger partial charge is 0.422 e. The molecule has 1 fully saturated rings. The minimum atomic E-state index is -1.21. The van der Waals surface area contributed by atoms with Crippen LogP contribution in [0.4, 0.5) is 4.39 Å². The van der Waals surface area contributed by atoms with Crippen molar-refractivity contribution in [1.82, 2.24) is 25.1 Å². The number of aliphatic hydroxyl groups excluding tert-OH is 1. The normalized spacial score (nSPS) is 16.4. The first-order chi connectivity index (χ1) is 15.7. The Hall–Kier alpha value is -3.40. The maximum atomic E-state index is 13.3. The van der Waals surface area contributed by atoms with Gasteiger partial charge in [0.05, 0.1) is 6.04 Å². The van der Waals surface area contributed by atoms with Gasteiger partial charge in [-0.05, 0) is 43.0 Å². The zero-order valence-corrected chi connectivity index (χ0v) is 18.7. The quantitative estimate of drug-likeness (QED) is 0.534. The molecule has 33 heavy (non-hydrogen) atoms. The molecule has 1 unspecified atom stereocenters. The fraction of sp³-hybridized carbons (Fsp3) is 0.435. The lowest BCUT2D eigenvalue weighted by Crippen LogP contribution is -2.45. The standard InChI is InChI=1S/C23H26FN5O4/c1-13(2)18(19(32)21-27-28-22(33-21)23(3)9-10-23)26-16(30)12-29-17(31)8-11-25-20(29)14-4-6-15(24)7-5-14/h4-8,11,13,18-19,32H,9-10,12H2,1-3H3,(H,26,30)/t18-,19?/m0/s1. The molecule has 2 heterocycles. The van der Waals surface area contributed by atoms with E-state index in [0.717, 1.165) is 12.8 Å². The number of nitrogens with one attached hydrogen (secondary N) is 1. The molecule has 1 aliphatic rings. The molecule has 0 aliphatic heterocycles. The molecular formula is C23H26FN5O4. The van der Waals surface area contributed by atoms with Gasteiger partial charge in [0.15, 0.2) is 6.10 Å². The SMILES string of the molecule is CC(C)[C@H](NC(=O)Cn1c(-c2ccc(F)cc2)nccc1=O)C(O)c1nnc(C2(C)CC2)o1. The second-order valence-corrected chi connectivity index (χ2v) is 8.99. The highest BCUT2D eigenvalue weighted by atomic mass is 19.1. The van der Waals surface area contributed by atoms with E-state index < -0.39 is 29.4 Å². The van der Waals surface area contributed by atoms with E-state index in [1.165, 1.54) is 41.1 Å². The van der Waals surface area contributed by atoms with Crippen LogP contribution in [-0.4, -0.2) is 36.8 Å². The summed E-state index contributed by atoms with van der Waals surface area (Å²) in [4.78, 5) is 29.6. The maximum absolute atomic E-state index is 13.3. The predicted molar refractivity (Wildman–Crippen MR) is 117 cm³/mol. The van der Waals surface area contributed by atoms with Crippen LogP contribution in [0.15, 0.2) is 45.7 Å². The van der Waals surface area contributed by atoms with Crippen LogP contribution in [0.2, 0.25) is 0 Å². The van der Waals surface area contributed by atoms with E-state index in [1.54, 1.807) is 0 Å². The molecule has 2 aromatic heterocycles. The van der Waals surface area contributed by atoms with Gasteiger partial charge in [0.25, 0.3) is 5.56 Å². The van der Waals surface area contributed by atoms with Crippen LogP contribution in [0.3, 0.4) is 0 Å².